The van der Waals surface area contributed by atoms with Crippen LogP contribution in [0.25, 0.3) is 0 Å². The van der Waals surface area contributed by atoms with Crippen LogP contribution in [-0.2, 0) is 14.6 Å². The first-order chi connectivity index (χ1) is 7.23. The molecule has 0 atom stereocenters. The Morgan fingerprint density at radius 3 is 2.25 bits per heavy atom. The first-order valence-electron chi connectivity index (χ1n) is 4.32. The van der Waals surface area contributed by atoms with Crippen molar-refractivity contribution in [1.82, 2.24) is 0 Å². The van der Waals surface area contributed by atoms with Gasteiger partial charge < -0.3 is 5.11 Å². The molecule has 1 rings (SSSR count). The third-order valence-corrected chi connectivity index (χ3v) is 3.19. The molecule has 0 aromatic heterocycles. The Hall–Kier alpha value is -1.69. The molecule has 0 spiro atoms. The highest BCUT2D eigenvalue weighted by atomic mass is 32.2. The van der Waals surface area contributed by atoms with E-state index >= 15 is 0 Å². The summed E-state index contributed by atoms with van der Waals surface area (Å²) in [6.07, 6.45) is 0.993. The monoisotopic (exact) mass is 242 g/mol. The van der Waals surface area contributed by atoms with Crippen LogP contribution in [-0.4, -0.2) is 31.5 Å². The second-order valence-electron chi connectivity index (χ2n) is 3.38. The standard InChI is InChI=1S/C10H10O5S/c1-6-3-4-7(16(2,14)15)5-8(6)9(11)10(12)13/h3-5H,1-2H3,(H,12,13). The molecule has 1 aromatic rings. The molecule has 0 aliphatic carbocycles. The lowest BCUT2D eigenvalue weighted by Crippen LogP contribution is -2.15. The van der Waals surface area contributed by atoms with E-state index in [2.05, 4.69) is 0 Å². The van der Waals surface area contributed by atoms with Crippen molar-refractivity contribution in [2.24, 2.45) is 0 Å². The van der Waals surface area contributed by atoms with Gasteiger partial charge in [-0.2, -0.15) is 0 Å². The lowest BCUT2D eigenvalue weighted by Gasteiger charge is -2.04. The predicted molar refractivity (Wildman–Crippen MR) is 56.3 cm³/mol. The Balaban J connectivity index is 3.41. The highest BCUT2D eigenvalue weighted by Crippen LogP contribution is 2.16. The number of hydrogen-bond donors (Lipinski definition) is 1. The molecule has 6 heteroatoms. The van der Waals surface area contributed by atoms with Gasteiger partial charge in [-0.25, -0.2) is 13.2 Å². The van der Waals surface area contributed by atoms with Gasteiger partial charge in [-0.05, 0) is 24.6 Å². The van der Waals surface area contributed by atoms with Crippen molar-refractivity contribution in [1.29, 1.82) is 0 Å². The van der Waals surface area contributed by atoms with Crippen LogP contribution in [0.1, 0.15) is 15.9 Å². The third-order valence-electron chi connectivity index (χ3n) is 2.08. The summed E-state index contributed by atoms with van der Waals surface area (Å²) in [5.74, 6) is -2.71. The summed E-state index contributed by atoms with van der Waals surface area (Å²) in [5.41, 5.74) is 0.329. The maximum atomic E-state index is 11.3. The molecule has 0 bridgehead atoms. The quantitative estimate of drug-likeness (QED) is 0.621. The predicted octanol–water partition coefficient (Wildman–Crippen LogP) is 0.666. The van der Waals surface area contributed by atoms with E-state index in [-0.39, 0.29) is 10.5 Å². The van der Waals surface area contributed by atoms with Crippen LogP contribution in [0.4, 0.5) is 0 Å². The zero-order chi connectivity index (χ0) is 12.5. The number of hydrogen-bond acceptors (Lipinski definition) is 4. The SMILES string of the molecule is Cc1ccc(S(C)(=O)=O)cc1C(=O)C(=O)O. The molecule has 0 aliphatic rings. The van der Waals surface area contributed by atoms with Crippen molar-refractivity contribution in [3.05, 3.63) is 29.3 Å². The summed E-state index contributed by atoms with van der Waals surface area (Å²) in [6, 6.07) is 3.83. The van der Waals surface area contributed by atoms with Crippen molar-refractivity contribution in [2.45, 2.75) is 11.8 Å². The number of carboxylic acids is 1. The average molecular weight is 242 g/mol. The molecule has 0 fully saturated rings. The van der Waals surface area contributed by atoms with Crippen molar-refractivity contribution < 1.29 is 23.1 Å². The van der Waals surface area contributed by atoms with Crippen LogP contribution in [0.15, 0.2) is 23.1 Å². The minimum atomic E-state index is -3.45. The summed E-state index contributed by atoms with van der Waals surface area (Å²) in [4.78, 5) is 21.7. The van der Waals surface area contributed by atoms with Crippen LogP contribution in [0.3, 0.4) is 0 Å². The van der Waals surface area contributed by atoms with E-state index in [1.165, 1.54) is 12.1 Å². The molecular formula is C10H10O5S. The van der Waals surface area contributed by atoms with Gasteiger partial charge in [-0.3, -0.25) is 4.79 Å². The number of carbonyl (C=O) groups is 2. The molecule has 5 nitrogen and oxygen atoms in total. The van der Waals surface area contributed by atoms with Crippen LogP contribution < -0.4 is 0 Å². The van der Waals surface area contributed by atoms with Gasteiger partial charge in [0.05, 0.1) is 4.90 Å². The molecule has 0 amide bonds. The largest absolute Gasteiger partial charge is 0.475 e. The molecule has 0 saturated heterocycles. The lowest BCUT2D eigenvalue weighted by atomic mass is 10.1. The topological polar surface area (TPSA) is 88.5 Å². The Morgan fingerprint density at radius 2 is 1.81 bits per heavy atom. The molecule has 0 unspecified atom stereocenters. The lowest BCUT2D eigenvalue weighted by molar-refractivity contribution is -0.131. The van der Waals surface area contributed by atoms with Gasteiger partial charge >= 0.3 is 5.97 Å². The Kier molecular flexibility index (Phi) is 3.14. The summed E-state index contributed by atoms with van der Waals surface area (Å²) in [6.45, 7) is 1.54. The van der Waals surface area contributed by atoms with E-state index in [0.717, 1.165) is 12.3 Å². The smallest absolute Gasteiger partial charge is 0.377 e. The second-order valence-corrected chi connectivity index (χ2v) is 5.40. The summed E-state index contributed by atoms with van der Waals surface area (Å²) in [7, 11) is -3.45. The fourth-order valence-corrected chi connectivity index (χ4v) is 1.84. The Morgan fingerprint density at radius 1 is 1.25 bits per heavy atom. The fraction of sp³-hybridized carbons (Fsp3) is 0.200. The van der Waals surface area contributed by atoms with Gasteiger partial charge in [0.25, 0.3) is 5.78 Å². The van der Waals surface area contributed by atoms with Crippen molar-refractivity contribution in [3.8, 4) is 0 Å². The third kappa shape index (κ3) is 2.46. The minimum Gasteiger partial charge on any atom is -0.475 e. The van der Waals surface area contributed by atoms with Gasteiger partial charge in [-0.1, -0.05) is 6.07 Å². The number of carboxylic acid groups (broad SMARTS) is 1. The molecule has 0 saturated carbocycles. The molecule has 1 aromatic carbocycles. The highest BCUT2D eigenvalue weighted by Gasteiger charge is 2.19. The molecule has 1 N–H and O–H groups in total. The number of ketones is 1. The van der Waals surface area contributed by atoms with E-state index in [9.17, 15) is 18.0 Å². The Bertz CT molecular complexity index is 557. The van der Waals surface area contributed by atoms with Gasteiger partial charge in [0.2, 0.25) is 0 Å². The van der Waals surface area contributed by atoms with E-state index in [4.69, 9.17) is 5.11 Å². The fourth-order valence-electron chi connectivity index (χ4n) is 1.19. The minimum absolute atomic E-state index is 0.0669. The maximum absolute atomic E-state index is 11.3. The molecule has 0 heterocycles. The highest BCUT2D eigenvalue weighted by molar-refractivity contribution is 7.90. The number of aliphatic carboxylic acids is 1. The first-order valence-corrected chi connectivity index (χ1v) is 6.21. The number of carbonyl (C=O) groups excluding carboxylic acids is 1. The second kappa shape index (κ2) is 4.05. The molecular weight excluding hydrogens is 232 g/mol. The molecule has 16 heavy (non-hydrogen) atoms. The zero-order valence-electron chi connectivity index (χ0n) is 8.72. The van der Waals surface area contributed by atoms with Gasteiger partial charge in [0.1, 0.15) is 0 Å². The molecule has 86 valence electrons. The summed E-state index contributed by atoms with van der Waals surface area (Å²) < 4.78 is 22.5. The van der Waals surface area contributed by atoms with Crippen LogP contribution in [0, 0.1) is 6.92 Å². The zero-order valence-corrected chi connectivity index (χ0v) is 9.54. The number of aryl methyl sites for hydroxylation is 1. The van der Waals surface area contributed by atoms with Gasteiger partial charge in [-0.15, -0.1) is 0 Å². The van der Waals surface area contributed by atoms with E-state index in [1.54, 1.807) is 6.92 Å². The van der Waals surface area contributed by atoms with Gasteiger partial charge in [0.15, 0.2) is 9.84 Å². The van der Waals surface area contributed by atoms with Crippen molar-refractivity contribution in [3.63, 3.8) is 0 Å². The van der Waals surface area contributed by atoms with Gasteiger partial charge in [0, 0.05) is 11.8 Å². The van der Waals surface area contributed by atoms with E-state index in [1.807, 2.05) is 0 Å². The first kappa shape index (κ1) is 12.4. The summed E-state index contributed by atoms with van der Waals surface area (Å²) >= 11 is 0. The average Bonchev–Trinajstić information content (AvgIpc) is 2.15. The van der Waals surface area contributed by atoms with Crippen molar-refractivity contribution >= 4 is 21.6 Å². The maximum Gasteiger partial charge on any atom is 0.377 e. The summed E-state index contributed by atoms with van der Waals surface area (Å²) in [5, 5.41) is 8.55. The number of benzene rings is 1. The normalized spacial score (nSPS) is 11.1. The van der Waals surface area contributed by atoms with E-state index < -0.39 is 21.6 Å². The Labute approximate surface area is 92.6 Å². The van der Waals surface area contributed by atoms with Crippen LogP contribution in [0.5, 0.6) is 0 Å². The number of Topliss-reactive ketones (excluding diaryl/α,β-unsaturated/α-hetero) is 1. The molecule has 0 aliphatic heterocycles. The van der Waals surface area contributed by atoms with E-state index in [0.29, 0.717) is 5.56 Å². The van der Waals surface area contributed by atoms with Crippen LogP contribution >= 0.6 is 0 Å². The van der Waals surface area contributed by atoms with Crippen molar-refractivity contribution in [2.75, 3.05) is 6.26 Å². The van der Waals surface area contributed by atoms with Crippen LogP contribution in [0.2, 0.25) is 0 Å². The number of sulfone groups is 1. The number of rotatable bonds is 3. The molecule has 0 radical (unpaired) electrons.